The Bertz CT molecular complexity index is 773. The van der Waals surface area contributed by atoms with Gasteiger partial charge in [0.15, 0.2) is 11.5 Å². The van der Waals surface area contributed by atoms with Crippen molar-refractivity contribution >= 4 is 17.5 Å². The normalized spacial score (nSPS) is 20.0. The van der Waals surface area contributed by atoms with E-state index in [2.05, 4.69) is 4.90 Å². The van der Waals surface area contributed by atoms with Gasteiger partial charge >= 0.3 is 0 Å². The van der Waals surface area contributed by atoms with Crippen LogP contribution in [0.5, 0.6) is 11.5 Å². The lowest BCUT2D eigenvalue weighted by atomic mass is 10.2. The summed E-state index contributed by atoms with van der Waals surface area (Å²) in [5.74, 6) is 1.34. The molecule has 0 radical (unpaired) electrons. The largest absolute Gasteiger partial charge is 0.485 e. The van der Waals surface area contributed by atoms with Crippen LogP contribution >= 0.6 is 11.6 Å². The molecule has 4 rings (SSSR count). The van der Waals surface area contributed by atoms with Gasteiger partial charge in [-0.2, -0.15) is 0 Å². The Balaban J connectivity index is 1.30. The van der Waals surface area contributed by atoms with Crippen LogP contribution in [0, 0.1) is 0 Å². The number of ether oxygens (including phenoxy) is 2. The third kappa shape index (κ3) is 3.79. The van der Waals surface area contributed by atoms with Crippen LogP contribution in [0.4, 0.5) is 0 Å². The maximum absolute atomic E-state index is 12.8. The fourth-order valence-electron chi connectivity index (χ4n) is 3.32. The number of hydrogen-bond acceptors (Lipinski definition) is 4. The van der Waals surface area contributed by atoms with Crippen LogP contribution in [0.1, 0.15) is 5.56 Å². The molecule has 6 heteroatoms. The van der Waals surface area contributed by atoms with Crippen LogP contribution in [-0.2, 0) is 11.3 Å². The van der Waals surface area contributed by atoms with E-state index < -0.39 is 6.10 Å². The van der Waals surface area contributed by atoms with E-state index in [9.17, 15) is 4.79 Å². The molecule has 136 valence electrons. The van der Waals surface area contributed by atoms with Crippen LogP contribution in [0.2, 0.25) is 5.02 Å². The Hall–Kier alpha value is -2.24. The standard InChI is InChI=1S/C20H21ClN2O3/c21-16-7-5-15(6-8-16)13-22-9-11-23(12-10-22)20(24)19-14-25-17-3-1-2-4-18(17)26-19/h1-8,19H,9-14H2. The maximum Gasteiger partial charge on any atom is 0.267 e. The quantitative estimate of drug-likeness (QED) is 0.830. The lowest BCUT2D eigenvalue weighted by Crippen LogP contribution is -2.53. The first-order chi connectivity index (χ1) is 12.7. The van der Waals surface area contributed by atoms with Gasteiger partial charge in [0.2, 0.25) is 6.10 Å². The van der Waals surface area contributed by atoms with Gasteiger partial charge in [-0.25, -0.2) is 0 Å². The average Bonchev–Trinajstić information content (AvgIpc) is 2.69. The molecule has 1 atom stereocenters. The van der Waals surface area contributed by atoms with Gasteiger partial charge in [-0.1, -0.05) is 35.9 Å². The molecule has 2 aliphatic heterocycles. The molecule has 0 aliphatic carbocycles. The van der Waals surface area contributed by atoms with Crippen LogP contribution in [0.15, 0.2) is 48.5 Å². The number of piperazine rings is 1. The molecule has 1 unspecified atom stereocenters. The molecule has 26 heavy (non-hydrogen) atoms. The summed E-state index contributed by atoms with van der Waals surface area (Å²) in [6.07, 6.45) is -0.562. The molecule has 2 aromatic rings. The molecule has 1 fully saturated rings. The van der Waals surface area contributed by atoms with Crippen molar-refractivity contribution in [2.75, 3.05) is 32.8 Å². The number of carbonyl (C=O) groups is 1. The summed E-state index contributed by atoms with van der Waals surface area (Å²) in [6, 6.07) is 15.4. The van der Waals surface area contributed by atoms with Gasteiger partial charge in [0.1, 0.15) is 6.61 Å². The molecule has 2 heterocycles. The number of halogens is 1. The third-order valence-corrected chi connectivity index (χ3v) is 5.04. The van der Waals surface area contributed by atoms with E-state index in [1.165, 1.54) is 5.56 Å². The Morgan fingerprint density at radius 3 is 2.42 bits per heavy atom. The SMILES string of the molecule is O=C(C1COc2ccccc2O1)N1CCN(Cc2ccc(Cl)cc2)CC1. The average molecular weight is 373 g/mol. The number of benzene rings is 2. The molecule has 2 aromatic carbocycles. The van der Waals surface area contributed by atoms with Gasteiger partial charge in [-0.3, -0.25) is 9.69 Å². The van der Waals surface area contributed by atoms with Crippen molar-refractivity contribution in [3.8, 4) is 11.5 Å². The van der Waals surface area contributed by atoms with Crippen molar-refractivity contribution in [3.05, 3.63) is 59.1 Å². The zero-order valence-electron chi connectivity index (χ0n) is 14.4. The number of nitrogens with zero attached hydrogens (tertiary/aromatic N) is 2. The van der Waals surface area contributed by atoms with Crippen LogP contribution < -0.4 is 9.47 Å². The smallest absolute Gasteiger partial charge is 0.267 e. The van der Waals surface area contributed by atoms with E-state index in [1.807, 2.05) is 53.4 Å². The Morgan fingerprint density at radius 1 is 1.00 bits per heavy atom. The summed E-state index contributed by atoms with van der Waals surface area (Å²) in [5.41, 5.74) is 1.23. The third-order valence-electron chi connectivity index (χ3n) is 4.79. The minimum absolute atomic E-state index is 0.00523. The highest BCUT2D eigenvalue weighted by Gasteiger charge is 2.32. The number of para-hydroxylation sites is 2. The first-order valence-corrected chi connectivity index (χ1v) is 9.21. The van der Waals surface area contributed by atoms with E-state index in [0.29, 0.717) is 24.6 Å². The monoisotopic (exact) mass is 372 g/mol. The van der Waals surface area contributed by atoms with E-state index in [4.69, 9.17) is 21.1 Å². The van der Waals surface area contributed by atoms with E-state index in [1.54, 1.807) is 0 Å². The zero-order chi connectivity index (χ0) is 17.9. The second kappa shape index (κ2) is 7.56. The number of hydrogen-bond donors (Lipinski definition) is 0. The van der Waals surface area contributed by atoms with Crippen molar-refractivity contribution in [2.24, 2.45) is 0 Å². The van der Waals surface area contributed by atoms with Crippen LogP contribution in [0.25, 0.3) is 0 Å². The van der Waals surface area contributed by atoms with Crippen molar-refractivity contribution in [1.29, 1.82) is 0 Å². The highest BCUT2D eigenvalue weighted by molar-refractivity contribution is 6.30. The maximum atomic E-state index is 12.8. The Morgan fingerprint density at radius 2 is 1.69 bits per heavy atom. The molecule has 0 saturated carbocycles. The Labute approximate surface area is 158 Å². The molecule has 0 spiro atoms. The van der Waals surface area contributed by atoms with Gasteiger partial charge in [0.05, 0.1) is 0 Å². The molecule has 2 aliphatic rings. The van der Waals surface area contributed by atoms with Crippen molar-refractivity contribution in [2.45, 2.75) is 12.6 Å². The number of rotatable bonds is 3. The van der Waals surface area contributed by atoms with E-state index >= 15 is 0 Å². The topological polar surface area (TPSA) is 42.0 Å². The van der Waals surface area contributed by atoms with Gasteiger partial charge < -0.3 is 14.4 Å². The summed E-state index contributed by atoms with van der Waals surface area (Å²) < 4.78 is 11.5. The second-order valence-electron chi connectivity index (χ2n) is 6.59. The number of amides is 1. The van der Waals surface area contributed by atoms with Crippen LogP contribution in [-0.4, -0.2) is 54.6 Å². The van der Waals surface area contributed by atoms with Gasteiger partial charge in [0.25, 0.3) is 5.91 Å². The first-order valence-electron chi connectivity index (χ1n) is 8.83. The van der Waals surface area contributed by atoms with E-state index in [0.717, 1.165) is 24.7 Å². The zero-order valence-corrected chi connectivity index (χ0v) is 15.2. The summed E-state index contributed by atoms with van der Waals surface area (Å²) in [4.78, 5) is 17.0. The van der Waals surface area contributed by atoms with E-state index in [-0.39, 0.29) is 12.5 Å². The molecule has 0 N–H and O–H groups in total. The minimum Gasteiger partial charge on any atom is -0.485 e. The number of carbonyl (C=O) groups excluding carboxylic acids is 1. The number of fused-ring (bicyclic) bond motifs is 1. The summed E-state index contributed by atoms with van der Waals surface area (Å²) >= 11 is 5.93. The molecular weight excluding hydrogens is 352 g/mol. The predicted octanol–water partition coefficient (Wildman–Crippen LogP) is 2.82. The molecular formula is C20H21ClN2O3. The second-order valence-corrected chi connectivity index (χ2v) is 7.03. The molecule has 0 bridgehead atoms. The van der Waals surface area contributed by atoms with Crippen molar-refractivity contribution in [3.63, 3.8) is 0 Å². The van der Waals surface area contributed by atoms with Crippen molar-refractivity contribution in [1.82, 2.24) is 9.80 Å². The fourth-order valence-corrected chi connectivity index (χ4v) is 3.45. The van der Waals surface area contributed by atoms with Gasteiger partial charge in [-0.15, -0.1) is 0 Å². The fraction of sp³-hybridized carbons (Fsp3) is 0.350. The van der Waals surface area contributed by atoms with Gasteiger partial charge in [-0.05, 0) is 29.8 Å². The summed E-state index contributed by atoms with van der Waals surface area (Å²) in [5, 5.41) is 0.750. The lowest BCUT2D eigenvalue weighted by molar-refractivity contribution is -0.143. The summed E-state index contributed by atoms with van der Waals surface area (Å²) in [6.45, 7) is 4.23. The molecule has 5 nitrogen and oxygen atoms in total. The van der Waals surface area contributed by atoms with Gasteiger partial charge in [0, 0.05) is 37.7 Å². The molecule has 0 aromatic heterocycles. The van der Waals surface area contributed by atoms with Crippen molar-refractivity contribution < 1.29 is 14.3 Å². The highest BCUT2D eigenvalue weighted by atomic mass is 35.5. The molecule has 1 saturated heterocycles. The summed E-state index contributed by atoms with van der Waals surface area (Å²) in [7, 11) is 0. The highest BCUT2D eigenvalue weighted by Crippen LogP contribution is 2.31. The first kappa shape index (κ1) is 17.2. The predicted molar refractivity (Wildman–Crippen MR) is 99.7 cm³/mol. The molecule has 1 amide bonds. The van der Waals surface area contributed by atoms with Crippen LogP contribution in [0.3, 0.4) is 0 Å². The lowest BCUT2D eigenvalue weighted by Gasteiger charge is -2.37. The Kier molecular flexibility index (Phi) is 5.00. The minimum atomic E-state index is -0.562.